The molecule has 0 saturated carbocycles. The van der Waals surface area contributed by atoms with Gasteiger partial charge in [0.05, 0.1) is 14.2 Å². The molecule has 1 aliphatic rings. The van der Waals surface area contributed by atoms with Crippen molar-refractivity contribution in [2.24, 2.45) is 0 Å². The zero-order chi connectivity index (χ0) is 23.4. The monoisotopic (exact) mass is 445 g/mol. The number of nitrogens with one attached hydrogen (secondary N) is 2. The van der Waals surface area contributed by atoms with E-state index in [1.165, 1.54) is 0 Å². The molecule has 0 bridgehead atoms. The molecule has 0 radical (unpaired) electrons. The molecular weight excluding hydrogens is 418 g/mol. The molecule has 0 spiro atoms. The summed E-state index contributed by atoms with van der Waals surface area (Å²) in [7, 11) is 3.11. The fourth-order valence-electron chi connectivity index (χ4n) is 3.83. The van der Waals surface area contributed by atoms with Crippen molar-refractivity contribution in [1.82, 2.24) is 5.32 Å². The Morgan fingerprint density at radius 2 is 1.64 bits per heavy atom. The van der Waals surface area contributed by atoms with Crippen LogP contribution in [0.2, 0.25) is 0 Å². The molecule has 7 nitrogen and oxygen atoms in total. The van der Waals surface area contributed by atoms with Crippen LogP contribution >= 0.6 is 0 Å². The lowest BCUT2D eigenvalue weighted by Crippen LogP contribution is -2.29. The third-order valence-corrected chi connectivity index (χ3v) is 5.65. The molecule has 33 heavy (non-hydrogen) atoms. The van der Waals surface area contributed by atoms with E-state index in [1.54, 1.807) is 32.4 Å². The number of fused-ring (bicyclic) bond motifs is 1. The van der Waals surface area contributed by atoms with Crippen molar-refractivity contribution in [3.63, 3.8) is 0 Å². The SMILES string of the molecule is COc1cc(NC(=O)NCc2ccc3c(c2)N(C(=O)c2ccc(C)cc2)CC3)cc(OC)c1. The number of benzene rings is 3. The standard InChI is InChI=1S/C26H27N3O4/c1-17-4-7-20(8-5-17)25(30)29-11-10-19-9-6-18(12-24(19)29)16-27-26(31)28-21-13-22(32-2)15-23(14-21)33-3/h4-9,12-15H,10-11,16H2,1-3H3,(H2,27,28,31). The molecule has 0 aromatic heterocycles. The normalized spacial score (nSPS) is 12.2. The summed E-state index contributed by atoms with van der Waals surface area (Å²) in [5.41, 5.74) is 5.30. The van der Waals surface area contributed by atoms with Crippen LogP contribution in [0.3, 0.4) is 0 Å². The predicted octanol–water partition coefficient (Wildman–Crippen LogP) is 4.54. The largest absolute Gasteiger partial charge is 0.497 e. The number of methoxy groups -OCH3 is 2. The van der Waals surface area contributed by atoms with E-state index in [4.69, 9.17) is 9.47 Å². The Morgan fingerprint density at radius 1 is 0.939 bits per heavy atom. The summed E-state index contributed by atoms with van der Waals surface area (Å²) in [5, 5.41) is 5.65. The van der Waals surface area contributed by atoms with E-state index >= 15 is 0 Å². The summed E-state index contributed by atoms with van der Waals surface area (Å²) in [6.07, 6.45) is 0.818. The second-order valence-electron chi connectivity index (χ2n) is 7.94. The maximum atomic E-state index is 13.0. The number of anilines is 2. The number of hydrogen-bond donors (Lipinski definition) is 2. The molecule has 0 saturated heterocycles. The van der Waals surface area contributed by atoms with E-state index in [9.17, 15) is 9.59 Å². The van der Waals surface area contributed by atoms with Crippen molar-refractivity contribution in [1.29, 1.82) is 0 Å². The molecule has 0 atom stereocenters. The second-order valence-corrected chi connectivity index (χ2v) is 7.94. The van der Waals surface area contributed by atoms with Crippen LogP contribution in [-0.2, 0) is 13.0 Å². The first kappa shape index (κ1) is 22.2. The molecule has 0 fully saturated rings. The average molecular weight is 446 g/mol. The van der Waals surface area contributed by atoms with Crippen LogP contribution < -0.4 is 25.0 Å². The number of rotatable bonds is 6. The van der Waals surface area contributed by atoms with Gasteiger partial charge in [0, 0.05) is 48.2 Å². The number of amides is 3. The molecular formula is C26H27N3O4. The minimum absolute atomic E-state index is 0.0106. The van der Waals surface area contributed by atoms with E-state index in [2.05, 4.69) is 10.6 Å². The summed E-state index contributed by atoms with van der Waals surface area (Å²) in [6.45, 7) is 2.98. The lowest BCUT2D eigenvalue weighted by molar-refractivity contribution is 0.0989. The average Bonchev–Trinajstić information content (AvgIpc) is 3.25. The first-order valence-corrected chi connectivity index (χ1v) is 10.7. The lowest BCUT2D eigenvalue weighted by atomic mass is 10.1. The molecule has 0 aliphatic carbocycles. The molecule has 3 aromatic carbocycles. The van der Waals surface area contributed by atoms with E-state index in [0.29, 0.717) is 35.8 Å². The summed E-state index contributed by atoms with van der Waals surface area (Å²) in [4.78, 5) is 27.3. The zero-order valence-corrected chi connectivity index (χ0v) is 19.0. The predicted molar refractivity (Wildman–Crippen MR) is 128 cm³/mol. The maximum Gasteiger partial charge on any atom is 0.319 e. The molecule has 2 N–H and O–H groups in total. The van der Waals surface area contributed by atoms with Crippen molar-refractivity contribution in [2.75, 3.05) is 31.0 Å². The minimum Gasteiger partial charge on any atom is -0.497 e. The summed E-state index contributed by atoms with van der Waals surface area (Å²) in [5.74, 6) is 1.16. The molecule has 3 aromatic rings. The first-order chi connectivity index (χ1) is 16.0. The van der Waals surface area contributed by atoms with Gasteiger partial charge in [-0.1, -0.05) is 29.8 Å². The third-order valence-electron chi connectivity index (χ3n) is 5.65. The fourth-order valence-corrected chi connectivity index (χ4v) is 3.83. The van der Waals surface area contributed by atoms with Crippen LogP contribution in [0.15, 0.2) is 60.7 Å². The van der Waals surface area contributed by atoms with Crippen molar-refractivity contribution >= 4 is 23.3 Å². The quantitative estimate of drug-likeness (QED) is 0.584. The minimum atomic E-state index is -0.349. The van der Waals surface area contributed by atoms with Gasteiger partial charge in [-0.2, -0.15) is 0 Å². The Balaban J connectivity index is 1.42. The highest BCUT2D eigenvalue weighted by Gasteiger charge is 2.25. The number of urea groups is 1. The van der Waals surface area contributed by atoms with Gasteiger partial charge in [0.25, 0.3) is 5.91 Å². The molecule has 3 amide bonds. The van der Waals surface area contributed by atoms with Gasteiger partial charge >= 0.3 is 6.03 Å². The highest BCUT2D eigenvalue weighted by atomic mass is 16.5. The lowest BCUT2D eigenvalue weighted by Gasteiger charge is -2.18. The number of nitrogens with zero attached hydrogens (tertiary/aromatic N) is 1. The smallest absolute Gasteiger partial charge is 0.319 e. The van der Waals surface area contributed by atoms with Gasteiger partial charge < -0.3 is 25.0 Å². The van der Waals surface area contributed by atoms with Crippen LogP contribution in [0.25, 0.3) is 0 Å². The van der Waals surface area contributed by atoms with Gasteiger partial charge in [0.2, 0.25) is 0 Å². The molecule has 0 unspecified atom stereocenters. The number of carbonyl (C=O) groups excluding carboxylic acids is 2. The van der Waals surface area contributed by atoms with Crippen LogP contribution in [0, 0.1) is 6.92 Å². The highest BCUT2D eigenvalue weighted by molar-refractivity contribution is 6.07. The first-order valence-electron chi connectivity index (χ1n) is 10.7. The van der Waals surface area contributed by atoms with Gasteiger partial charge in [0.1, 0.15) is 11.5 Å². The zero-order valence-electron chi connectivity index (χ0n) is 19.0. The third kappa shape index (κ3) is 5.09. The highest BCUT2D eigenvalue weighted by Crippen LogP contribution is 2.30. The van der Waals surface area contributed by atoms with Crippen LogP contribution in [0.5, 0.6) is 11.5 Å². The van der Waals surface area contributed by atoms with Gasteiger partial charge in [-0.25, -0.2) is 4.79 Å². The number of hydrogen-bond acceptors (Lipinski definition) is 4. The van der Waals surface area contributed by atoms with Crippen molar-refractivity contribution in [3.8, 4) is 11.5 Å². The van der Waals surface area contributed by atoms with E-state index in [0.717, 1.165) is 28.8 Å². The Hall–Kier alpha value is -4.00. The number of carbonyl (C=O) groups is 2. The number of ether oxygens (including phenoxy) is 2. The molecule has 1 heterocycles. The van der Waals surface area contributed by atoms with Gasteiger partial charge in [0.15, 0.2) is 0 Å². The Kier molecular flexibility index (Phi) is 6.49. The molecule has 4 rings (SSSR count). The molecule has 170 valence electrons. The van der Waals surface area contributed by atoms with E-state index in [1.807, 2.05) is 54.3 Å². The molecule has 1 aliphatic heterocycles. The van der Waals surface area contributed by atoms with Crippen LogP contribution in [0.4, 0.5) is 16.2 Å². The topological polar surface area (TPSA) is 79.9 Å². The van der Waals surface area contributed by atoms with Gasteiger partial charge in [-0.15, -0.1) is 0 Å². The van der Waals surface area contributed by atoms with E-state index < -0.39 is 0 Å². The number of aryl methyl sites for hydroxylation is 1. The molecule has 7 heteroatoms. The summed E-state index contributed by atoms with van der Waals surface area (Å²) in [6, 6.07) is 18.4. The van der Waals surface area contributed by atoms with Gasteiger partial charge in [-0.05, 0) is 42.7 Å². The second kappa shape index (κ2) is 9.65. The fraction of sp³-hybridized carbons (Fsp3) is 0.231. The van der Waals surface area contributed by atoms with Crippen LogP contribution in [-0.4, -0.2) is 32.7 Å². The Bertz CT molecular complexity index is 1150. The van der Waals surface area contributed by atoms with Crippen LogP contribution in [0.1, 0.15) is 27.0 Å². The van der Waals surface area contributed by atoms with Crippen molar-refractivity contribution in [3.05, 3.63) is 82.9 Å². The summed E-state index contributed by atoms with van der Waals surface area (Å²) < 4.78 is 10.5. The Morgan fingerprint density at radius 3 is 2.30 bits per heavy atom. The van der Waals surface area contributed by atoms with Gasteiger partial charge in [-0.3, -0.25) is 4.79 Å². The maximum absolute atomic E-state index is 13.0. The van der Waals surface area contributed by atoms with Crippen molar-refractivity contribution in [2.45, 2.75) is 19.9 Å². The summed E-state index contributed by atoms with van der Waals surface area (Å²) >= 11 is 0. The van der Waals surface area contributed by atoms with Crippen molar-refractivity contribution < 1.29 is 19.1 Å². The van der Waals surface area contributed by atoms with E-state index in [-0.39, 0.29) is 11.9 Å². The Labute approximate surface area is 193 Å².